The van der Waals surface area contributed by atoms with Gasteiger partial charge in [0.2, 0.25) is 0 Å². The molecule has 18 heavy (non-hydrogen) atoms. The van der Waals surface area contributed by atoms with Crippen molar-refractivity contribution in [2.45, 2.75) is 32.8 Å². The second-order valence-corrected chi connectivity index (χ2v) is 5.13. The van der Waals surface area contributed by atoms with E-state index in [-0.39, 0.29) is 6.09 Å². The summed E-state index contributed by atoms with van der Waals surface area (Å²) in [6.07, 6.45) is 4.82. The Labute approximate surface area is 107 Å². The second kappa shape index (κ2) is 5.71. The van der Waals surface area contributed by atoms with Gasteiger partial charge in [-0.1, -0.05) is 12.2 Å². The zero-order valence-electron chi connectivity index (χ0n) is 11.0. The van der Waals surface area contributed by atoms with Crippen LogP contribution in [0.1, 0.15) is 27.2 Å². The van der Waals surface area contributed by atoms with Crippen LogP contribution in [0.4, 0.5) is 4.79 Å². The van der Waals surface area contributed by atoms with Crippen molar-refractivity contribution in [1.82, 2.24) is 4.90 Å². The number of allylic oxidation sites excluding steroid dienone is 1. The van der Waals surface area contributed by atoms with Gasteiger partial charge in [-0.05, 0) is 32.8 Å². The van der Waals surface area contributed by atoms with Gasteiger partial charge in [-0.15, -0.1) is 0 Å². The fourth-order valence-electron chi connectivity index (χ4n) is 1.51. The van der Waals surface area contributed by atoms with Crippen molar-refractivity contribution in [2.24, 2.45) is 0 Å². The highest BCUT2D eigenvalue weighted by molar-refractivity contribution is 5.80. The van der Waals surface area contributed by atoms with Gasteiger partial charge >= 0.3 is 12.1 Å². The second-order valence-electron chi connectivity index (χ2n) is 5.13. The zero-order chi connectivity index (χ0) is 13.8. The van der Waals surface area contributed by atoms with Gasteiger partial charge in [-0.2, -0.15) is 0 Å². The Kier molecular flexibility index (Phi) is 4.53. The average Bonchev–Trinajstić information content (AvgIpc) is 2.24. The fourth-order valence-corrected chi connectivity index (χ4v) is 1.51. The summed E-state index contributed by atoms with van der Waals surface area (Å²) in [5.41, 5.74) is 0.432. The first kappa shape index (κ1) is 14.3. The number of carboxylic acid groups (broad SMARTS) is 1. The van der Waals surface area contributed by atoms with Gasteiger partial charge < -0.3 is 14.7 Å². The fraction of sp³-hybridized carbons (Fsp3) is 0.538. The summed E-state index contributed by atoms with van der Waals surface area (Å²) in [5, 5.41) is 8.51. The Morgan fingerprint density at radius 1 is 1.44 bits per heavy atom. The minimum Gasteiger partial charge on any atom is -0.478 e. The summed E-state index contributed by atoms with van der Waals surface area (Å²) >= 11 is 0. The standard InChI is InChI=1S/C13H19NO4/c1-13(2,3)18-12(17)14-8-6-10(7-9-14)4-5-11(15)16/h4-6H,7-9H2,1-3H3,(H,15,16). The van der Waals surface area contributed by atoms with Crippen molar-refractivity contribution in [3.8, 4) is 0 Å². The Morgan fingerprint density at radius 3 is 2.56 bits per heavy atom. The Bertz CT molecular complexity index is 390. The molecule has 0 spiro atoms. The number of amides is 1. The van der Waals surface area contributed by atoms with Crippen LogP contribution in [-0.4, -0.2) is 40.8 Å². The third-order valence-electron chi connectivity index (χ3n) is 2.34. The minimum absolute atomic E-state index is 0.333. The summed E-state index contributed by atoms with van der Waals surface area (Å²) < 4.78 is 5.26. The lowest BCUT2D eigenvalue weighted by atomic mass is 10.1. The molecular formula is C13H19NO4. The number of ether oxygens (including phenoxy) is 1. The first-order valence-corrected chi connectivity index (χ1v) is 5.86. The van der Waals surface area contributed by atoms with Gasteiger partial charge in [0, 0.05) is 19.2 Å². The molecular weight excluding hydrogens is 234 g/mol. The summed E-state index contributed by atoms with van der Waals surface area (Å²) in [7, 11) is 0. The van der Waals surface area contributed by atoms with Crippen LogP contribution in [0, 0.1) is 0 Å². The van der Waals surface area contributed by atoms with Crippen LogP contribution >= 0.6 is 0 Å². The third-order valence-corrected chi connectivity index (χ3v) is 2.34. The molecule has 1 aliphatic rings. The molecule has 0 saturated carbocycles. The number of aliphatic carboxylic acids is 1. The first-order chi connectivity index (χ1) is 8.28. The quantitative estimate of drug-likeness (QED) is 0.766. The van der Waals surface area contributed by atoms with Gasteiger partial charge in [0.25, 0.3) is 0 Å². The smallest absolute Gasteiger partial charge is 0.410 e. The van der Waals surface area contributed by atoms with E-state index in [9.17, 15) is 9.59 Å². The van der Waals surface area contributed by atoms with Gasteiger partial charge in [-0.25, -0.2) is 9.59 Å². The zero-order valence-corrected chi connectivity index (χ0v) is 11.0. The van der Waals surface area contributed by atoms with Crippen LogP contribution in [-0.2, 0) is 9.53 Å². The molecule has 0 unspecified atom stereocenters. The molecule has 0 aliphatic carbocycles. The van der Waals surface area contributed by atoms with Crippen LogP contribution in [0.25, 0.3) is 0 Å². The van der Waals surface area contributed by atoms with Crippen LogP contribution in [0.15, 0.2) is 23.8 Å². The molecule has 1 amide bonds. The van der Waals surface area contributed by atoms with Crippen molar-refractivity contribution < 1.29 is 19.4 Å². The van der Waals surface area contributed by atoms with E-state index in [0.717, 1.165) is 11.6 Å². The molecule has 1 N–H and O–H groups in total. The highest BCUT2D eigenvalue weighted by Gasteiger charge is 2.22. The maximum atomic E-state index is 11.7. The molecule has 5 nitrogen and oxygen atoms in total. The van der Waals surface area contributed by atoms with E-state index >= 15 is 0 Å². The van der Waals surface area contributed by atoms with Crippen molar-refractivity contribution in [3.05, 3.63) is 23.8 Å². The van der Waals surface area contributed by atoms with Crippen molar-refractivity contribution >= 4 is 12.1 Å². The Morgan fingerprint density at radius 2 is 2.11 bits per heavy atom. The van der Waals surface area contributed by atoms with Gasteiger partial charge in [-0.3, -0.25) is 0 Å². The van der Waals surface area contributed by atoms with E-state index in [1.54, 1.807) is 11.0 Å². The summed E-state index contributed by atoms with van der Waals surface area (Å²) in [6, 6.07) is 0. The van der Waals surface area contributed by atoms with Crippen LogP contribution in [0.5, 0.6) is 0 Å². The molecule has 0 radical (unpaired) electrons. The van der Waals surface area contributed by atoms with E-state index in [2.05, 4.69) is 0 Å². The monoisotopic (exact) mass is 253 g/mol. The number of nitrogens with zero attached hydrogens (tertiary/aromatic N) is 1. The lowest BCUT2D eigenvalue weighted by Gasteiger charge is -2.29. The molecule has 0 fully saturated rings. The number of carboxylic acids is 1. The van der Waals surface area contributed by atoms with Gasteiger partial charge in [0.1, 0.15) is 5.60 Å². The largest absolute Gasteiger partial charge is 0.478 e. The van der Waals surface area contributed by atoms with Crippen molar-refractivity contribution in [3.63, 3.8) is 0 Å². The van der Waals surface area contributed by atoms with Crippen LogP contribution in [0.3, 0.4) is 0 Å². The topological polar surface area (TPSA) is 66.8 Å². The summed E-state index contributed by atoms with van der Waals surface area (Å²) in [5.74, 6) is -0.967. The molecule has 1 heterocycles. The Balaban J connectivity index is 2.52. The molecule has 0 atom stereocenters. The average molecular weight is 253 g/mol. The van der Waals surface area contributed by atoms with E-state index < -0.39 is 11.6 Å². The lowest BCUT2D eigenvalue weighted by Crippen LogP contribution is -2.39. The molecule has 1 rings (SSSR count). The predicted octanol–water partition coefficient (Wildman–Crippen LogP) is 2.19. The third kappa shape index (κ3) is 5.03. The maximum Gasteiger partial charge on any atom is 0.410 e. The highest BCUT2D eigenvalue weighted by Crippen LogP contribution is 2.15. The van der Waals surface area contributed by atoms with Crippen LogP contribution in [0.2, 0.25) is 0 Å². The first-order valence-electron chi connectivity index (χ1n) is 5.86. The highest BCUT2D eigenvalue weighted by atomic mass is 16.6. The van der Waals surface area contributed by atoms with Gasteiger partial charge in [0.05, 0.1) is 0 Å². The molecule has 0 bridgehead atoms. The number of hydrogen-bond donors (Lipinski definition) is 1. The summed E-state index contributed by atoms with van der Waals surface area (Å²) in [6.45, 7) is 6.47. The minimum atomic E-state index is -0.967. The predicted molar refractivity (Wildman–Crippen MR) is 67.3 cm³/mol. The van der Waals surface area contributed by atoms with Crippen molar-refractivity contribution in [2.75, 3.05) is 13.1 Å². The van der Waals surface area contributed by atoms with E-state index in [1.165, 1.54) is 0 Å². The molecule has 5 heteroatoms. The number of carbonyl (C=O) groups excluding carboxylic acids is 1. The Hall–Kier alpha value is -1.78. The summed E-state index contributed by atoms with van der Waals surface area (Å²) in [4.78, 5) is 23.7. The van der Waals surface area contributed by atoms with Gasteiger partial charge in [0.15, 0.2) is 0 Å². The molecule has 0 aromatic carbocycles. The number of carbonyl (C=O) groups is 2. The van der Waals surface area contributed by atoms with E-state index in [0.29, 0.717) is 19.5 Å². The molecule has 1 aliphatic heterocycles. The SMILES string of the molecule is CC(C)(C)OC(=O)N1CC=C(C=CC(=O)O)CC1. The number of rotatable bonds is 2. The number of hydrogen-bond acceptors (Lipinski definition) is 3. The molecule has 0 aromatic heterocycles. The normalized spacial score (nSPS) is 16.6. The van der Waals surface area contributed by atoms with Crippen molar-refractivity contribution in [1.29, 1.82) is 0 Å². The maximum absolute atomic E-state index is 11.7. The van der Waals surface area contributed by atoms with E-state index in [4.69, 9.17) is 9.84 Å². The molecule has 0 saturated heterocycles. The molecule has 100 valence electrons. The lowest BCUT2D eigenvalue weighted by molar-refractivity contribution is -0.131. The van der Waals surface area contributed by atoms with Crippen LogP contribution < -0.4 is 0 Å². The molecule has 0 aromatic rings. The van der Waals surface area contributed by atoms with E-state index in [1.807, 2.05) is 26.8 Å².